The zero-order valence-electron chi connectivity index (χ0n) is 8.96. The summed E-state index contributed by atoms with van der Waals surface area (Å²) in [4.78, 5) is 0. The maximum atomic E-state index is 5.28. The summed E-state index contributed by atoms with van der Waals surface area (Å²) >= 11 is 4.21. The van der Waals surface area contributed by atoms with E-state index in [1.54, 1.807) is 0 Å². The van der Waals surface area contributed by atoms with Gasteiger partial charge in [-0.1, -0.05) is 0 Å². The Labute approximate surface area is 95.9 Å². The molecule has 0 amide bonds. The van der Waals surface area contributed by atoms with Gasteiger partial charge in [0.1, 0.15) is 0 Å². The quantitative estimate of drug-likeness (QED) is 0.680. The van der Waals surface area contributed by atoms with Crippen LogP contribution >= 0.6 is 23.5 Å². The minimum atomic E-state index is 0.834. The maximum absolute atomic E-state index is 5.28. The summed E-state index contributed by atoms with van der Waals surface area (Å²) in [6.07, 6.45) is 1.14. The third-order valence-electron chi connectivity index (χ3n) is 2.10. The summed E-state index contributed by atoms with van der Waals surface area (Å²) < 4.78 is 5.28. The van der Waals surface area contributed by atoms with Crippen LogP contribution in [0.25, 0.3) is 0 Å². The molecule has 1 aliphatic heterocycles. The highest BCUT2D eigenvalue weighted by molar-refractivity contribution is 8.06. The van der Waals surface area contributed by atoms with Crippen LogP contribution in [0.15, 0.2) is 0 Å². The number of hydrogen-bond acceptors (Lipinski definition) is 4. The van der Waals surface area contributed by atoms with Crippen LogP contribution < -0.4 is 5.32 Å². The lowest BCUT2D eigenvalue weighted by Gasteiger charge is -2.21. The Kier molecular flexibility index (Phi) is 8.06. The molecule has 1 fully saturated rings. The molecular formula is C10H21NOS2. The van der Waals surface area contributed by atoms with E-state index in [4.69, 9.17) is 4.74 Å². The van der Waals surface area contributed by atoms with Crippen LogP contribution in [0.1, 0.15) is 13.3 Å². The number of ether oxygens (including phenoxy) is 1. The van der Waals surface area contributed by atoms with Gasteiger partial charge in [-0.15, -0.1) is 0 Å². The van der Waals surface area contributed by atoms with Crippen molar-refractivity contribution in [2.45, 2.75) is 18.6 Å². The fourth-order valence-electron chi connectivity index (χ4n) is 1.36. The highest BCUT2D eigenvalue weighted by atomic mass is 32.2. The average molecular weight is 235 g/mol. The lowest BCUT2D eigenvalue weighted by Crippen LogP contribution is -2.30. The lowest BCUT2D eigenvalue weighted by molar-refractivity contribution is 0.145. The summed E-state index contributed by atoms with van der Waals surface area (Å²) in [5, 5.41) is 4.33. The highest BCUT2D eigenvalue weighted by Gasteiger charge is 2.12. The smallest absolute Gasteiger partial charge is 0.0477 e. The first-order valence-corrected chi connectivity index (χ1v) is 7.61. The number of nitrogens with one attached hydrogen (secondary N) is 1. The topological polar surface area (TPSA) is 21.3 Å². The Morgan fingerprint density at radius 2 is 2.36 bits per heavy atom. The van der Waals surface area contributed by atoms with Gasteiger partial charge in [-0.25, -0.2) is 0 Å². The van der Waals surface area contributed by atoms with E-state index in [1.165, 1.54) is 23.8 Å². The second kappa shape index (κ2) is 8.89. The molecule has 0 saturated carbocycles. The monoisotopic (exact) mass is 235 g/mol. The molecule has 1 aliphatic rings. The molecule has 0 aromatic carbocycles. The van der Waals surface area contributed by atoms with Crippen LogP contribution in [0.3, 0.4) is 0 Å². The fourth-order valence-corrected chi connectivity index (χ4v) is 4.01. The second-order valence-electron chi connectivity index (χ2n) is 3.32. The molecule has 1 saturated heterocycles. The Bertz CT molecular complexity index is 129. The molecular weight excluding hydrogens is 214 g/mol. The number of rotatable bonds is 7. The van der Waals surface area contributed by atoms with Gasteiger partial charge in [0.2, 0.25) is 0 Å². The standard InChI is InChI=1S/C10H21NOS2/c1-2-12-5-3-4-11-8-10-9-13-6-7-14-10/h10-11H,2-9H2,1H3. The number of hydrogen-bond donors (Lipinski definition) is 1. The van der Waals surface area contributed by atoms with Crippen LogP contribution in [0.5, 0.6) is 0 Å². The first kappa shape index (κ1) is 12.7. The second-order valence-corrected chi connectivity index (χ2v) is 5.88. The predicted octanol–water partition coefficient (Wildman–Crippen LogP) is 1.85. The van der Waals surface area contributed by atoms with Crippen molar-refractivity contribution in [2.75, 3.05) is 43.6 Å². The lowest BCUT2D eigenvalue weighted by atomic mass is 10.4. The minimum Gasteiger partial charge on any atom is -0.382 e. The summed E-state index contributed by atoms with van der Waals surface area (Å²) in [7, 11) is 0. The fraction of sp³-hybridized carbons (Fsp3) is 1.00. The van der Waals surface area contributed by atoms with Crippen LogP contribution in [-0.4, -0.2) is 48.8 Å². The summed E-state index contributed by atoms with van der Waals surface area (Å²) in [5.41, 5.74) is 0. The average Bonchev–Trinajstić information content (AvgIpc) is 2.25. The molecule has 84 valence electrons. The zero-order valence-corrected chi connectivity index (χ0v) is 10.6. The molecule has 1 atom stereocenters. The van der Waals surface area contributed by atoms with Crippen LogP contribution in [0.2, 0.25) is 0 Å². The van der Waals surface area contributed by atoms with Gasteiger partial charge in [-0.3, -0.25) is 0 Å². The molecule has 0 bridgehead atoms. The largest absolute Gasteiger partial charge is 0.382 e. The van der Waals surface area contributed by atoms with Gasteiger partial charge in [0.05, 0.1) is 0 Å². The van der Waals surface area contributed by atoms with Crippen molar-refractivity contribution < 1.29 is 4.74 Å². The summed E-state index contributed by atoms with van der Waals surface area (Å²) in [6, 6.07) is 0. The van der Waals surface area contributed by atoms with E-state index in [1.807, 2.05) is 6.92 Å². The zero-order chi connectivity index (χ0) is 10.1. The van der Waals surface area contributed by atoms with E-state index in [2.05, 4.69) is 28.8 Å². The molecule has 0 radical (unpaired) electrons. The first-order chi connectivity index (χ1) is 6.93. The van der Waals surface area contributed by atoms with E-state index in [-0.39, 0.29) is 0 Å². The summed E-state index contributed by atoms with van der Waals surface area (Å²) in [5.74, 6) is 3.99. The third-order valence-corrected chi connectivity index (χ3v) is 4.95. The van der Waals surface area contributed by atoms with Crippen molar-refractivity contribution in [1.29, 1.82) is 0 Å². The molecule has 0 aliphatic carbocycles. The molecule has 1 N–H and O–H groups in total. The van der Waals surface area contributed by atoms with Crippen molar-refractivity contribution in [3.05, 3.63) is 0 Å². The molecule has 14 heavy (non-hydrogen) atoms. The van der Waals surface area contributed by atoms with Gasteiger partial charge >= 0.3 is 0 Å². The molecule has 1 rings (SSSR count). The van der Waals surface area contributed by atoms with Crippen LogP contribution in [0.4, 0.5) is 0 Å². The SMILES string of the molecule is CCOCCCNCC1CSCCS1. The maximum Gasteiger partial charge on any atom is 0.0477 e. The Morgan fingerprint density at radius 3 is 3.07 bits per heavy atom. The third kappa shape index (κ3) is 6.17. The van der Waals surface area contributed by atoms with Gasteiger partial charge in [0.25, 0.3) is 0 Å². The molecule has 0 aromatic heterocycles. The molecule has 4 heteroatoms. The minimum absolute atomic E-state index is 0.834. The normalized spacial score (nSPS) is 22.5. The van der Waals surface area contributed by atoms with E-state index in [0.29, 0.717) is 0 Å². The Hall–Kier alpha value is 0.620. The molecule has 2 nitrogen and oxygen atoms in total. The molecule has 0 aromatic rings. The van der Waals surface area contributed by atoms with Crippen LogP contribution in [-0.2, 0) is 4.74 Å². The molecule has 1 heterocycles. The molecule has 0 spiro atoms. The van der Waals surface area contributed by atoms with Crippen molar-refractivity contribution in [1.82, 2.24) is 5.32 Å². The van der Waals surface area contributed by atoms with E-state index >= 15 is 0 Å². The molecule has 1 unspecified atom stereocenters. The number of thioether (sulfide) groups is 2. The summed E-state index contributed by atoms with van der Waals surface area (Å²) in [6.45, 7) is 6.06. The highest BCUT2D eigenvalue weighted by Crippen LogP contribution is 2.23. The predicted molar refractivity (Wildman–Crippen MR) is 67.6 cm³/mol. The van der Waals surface area contributed by atoms with E-state index in [0.717, 1.165) is 31.4 Å². The van der Waals surface area contributed by atoms with Gasteiger partial charge in [0.15, 0.2) is 0 Å². The first-order valence-electron chi connectivity index (χ1n) is 5.41. The van der Waals surface area contributed by atoms with Crippen molar-refractivity contribution >= 4 is 23.5 Å². The van der Waals surface area contributed by atoms with Gasteiger partial charge in [0, 0.05) is 42.3 Å². The van der Waals surface area contributed by atoms with Gasteiger partial charge in [-0.2, -0.15) is 23.5 Å². The van der Waals surface area contributed by atoms with Crippen molar-refractivity contribution in [3.63, 3.8) is 0 Å². The van der Waals surface area contributed by atoms with Crippen molar-refractivity contribution in [2.24, 2.45) is 0 Å². The van der Waals surface area contributed by atoms with Crippen molar-refractivity contribution in [3.8, 4) is 0 Å². The Morgan fingerprint density at radius 1 is 1.43 bits per heavy atom. The van der Waals surface area contributed by atoms with E-state index < -0.39 is 0 Å². The van der Waals surface area contributed by atoms with Gasteiger partial charge < -0.3 is 10.1 Å². The van der Waals surface area contributed by atoms with Gasteiger partial charge in [-0.05, 0) is 19.9 Å². The van der Waals surface area contributed by atoms with E-state index in [9.17, 15) is 0 Å². The van der Waals surface area contributed by atoms with Crippen LogP contribution in [0, 0.1) is 0 Å². The Balaban J connectivity index is 1.82.